The summed E-state index contributed by atoms with van der Waals surface area (Å²) in [5.41, 5.74) is -1.39. The second-order valence-corrected chi connectivity index (χ2v) is 3.38. The molecule has 1 aromatic rings. The summed E-state index contributed by atoms with van der Waals surface area (Å²) in [4.78, 5) is 20.1. The average Bonchev–Trinajstić information content (AvgIpc) is 2.22. The van der Waals surface area contributed by atoms with E-state index in [9.17, 15) is 23.7 Å². The molecule has 92 valence electrons. The largest absolute Gasteiger partial charge is 0.481 e. The van der Waals surface area contributed by atoms with Gasteiger partial charge in [-0.1, -0.05) is 6.92 Å². The molecule has 17 heavy (non-hydrogen) atoms. The molecule has 0 saturated heterocycles. The van der Waals surface area contributed by atoms with Crippen molar-refractivity contribution in [3.8, 4) is 0 Å². The number of nitro groups is 1. The van der Waals surface area contributed by atoms with E-state index in [1.165, 1.54) is 6.92 Å². The number of nitrogens with zero attached hydrogens (tertiary/aromatic N) is 1. The predicted molar refractivity (Wildman–Crippen MR) is 53.7 cm³/mol. The topological polar surface area (TPSA) is 80.4 Å². The number of carbonyl (C=O) groups is 1. The van der Waals surface area contributed by atoms with E-state index in [1.54, 1.807) is 0 Å². The Labute approximate surface area is 94.8 Å². The summed E-state index contributed by atoms with van der Waals surface area (Å²) in [6.45, 7) is 1.50. The number of carboxylic acids is 1. The zero-order valence-electron chi connectivity index (χ0n) is 8.81. The van der Waals surface area contributed by atoms with Crippen molar-refractivity contribution in [3.63, 3.8) is 0 Å². The standard InChI is InChI=1S/C10H9F2NO4/c1-2-5(10(14)15)6-3-8(12)9(13(16)17)4-7(6)11/h3-5H,2H2,1H3,(H,14,15). The first-order valence-corrected chi connectivity index (χ1v) is 4.74. The number of halogens is 2. The number of benzene rings is 1. The summed E-state index contributed by atoms with van der Waals surface area (Å²) in [6, 6.07) is 0.964. The minimum Gasteiger partial charge on any atom is -0.481 e. The lowest BCUT2D eigenvalue weighted by Gasteiger charge is -2.11. The molecule has 7 heteroatoms. The van der Waals surface area contributed by atoms with E-state index in [0.29, 0.717) is 12.1 Å². The fourth-order valence-corrected chi connectivity index (χ4v) is 1.49. The van der Waals surface area contributed by atoms with Crippen molar-refractivity contribution in [2.24, 2.45) is 0 Å². The molecule has 0 aliphatic heterocycles. The van der Waals surface area contributed by atoms with E-state index in [2.05, 4.69) is 0 Å². The highest BCUT2D eigenvalue weighted by atomic mass is 19.1. The van der Waals surface area contributed by atoms with Crippen molar-refractivity contribution in [2.75, 3.05) is 0 Å². The van der Waals surface area contributed by atoms with Crippen LogP contribution in [0.5, 0.6) is 0 Å². The van der Waals surface area contributed by atoms with Gasteiger partial charge < -0.3 is 5.11 Å². The van der Waals surface area contributed by atoms with Gasteiger partial charge in [0.05, 0.1) is 16.9 Å². The third kappa shape index (κ3) is 2.55. The van der Waals surface area contributed by atoms with E-state index in [0.717, 1.165) is 0 Å². The summed E-state index contributed by atoms with van der Waals surface area (Å²) in [7, 11) is 0. The second-order valence-electron chi connectivity index (χ2n) is 3.38. The monoisotopic (exact) mass is 245 g/mol. The normalized spacial score (nSPS) is 12.2. The van der Waals surface area contributed by atoms with Gasteiger partial charge in [-0.25, -0.2) is 4.39 Å². The van der Waals surface area contributed by atoms with Crippen molar-refractivity contribution in [1.29, 1.82) is 0 Å². The first-order valence-electron chi connectivity index (χ1n) is 4.74. The zero-order chi connectivity index (χ0) is 13.2. The molecule has 0 amide bonds. The molecule has 0 radical (unpaired) electrons. The lowest BCUT2D eigenvalue weighted by Crippen LogP contribution is -2.13. The Bertz CT molecular complexity index is 476. The quantitative estimate of drug-likeness (QED) is 0.652. The van der Waals surface area contributed by atoms with Crippen LogP contribution in [0.2, 0.25) is 0 Å². The molecule has 0 aromatic heterocycles. The van der Waals surface area contributed by atoms with Crippen molar-refractivity contribution in [1.82, 2.24) is 0 Å². The minimum absolute atomic E-state index is 0.0590. The van der Waals surface area contributed by atoms with Crippen LogP contribution in [0.1, 0.15) is 24.8 Å². The van der Waals surface area contributed by atoms with E-state index >= 15 is 0 Å². The van der Waals surface area contributed by atoms with Crippen LogP contribution in [-0.2, 0) is 4.79 Å². The highest BCUT2D eigenvalue weighted by molar-refractivity contribution is 5.76. The maximum absolute atomic E-state index is 13.5. The molecule has 1 unspecified atom stereocenters. The van der Waals surface area contributed by atoms with Gasteiger partial charge in [0.15, 0.2) is 0 Å². The molecule has 1 aromatic carbocycles. The molecule has 0 heterocycles. The maximum atomic E-state index is 13.5. The maximum Gasteiger partial charge on any atom is 0.311 e. The molecular formula is C10H9F2NO4. The van der Waals surface area contributed by atoms with Crippen LogP contribution in [0.25, 0.3) is 0 Å². The average molecular weight is 245 g/mol. The fourth-order valence-electron chi connectivity index (χ4n) is 1.49. The van der Waals surface area contributed by atoms with E-state index < -0.39 is 34.1 Å². The van der Waals surface area contributed by atoms with Crippen LogP contribution in [0.15, 0.2) is 12.1 Å². The number of rotatable bonds is 4. The van der Waals surface area contributed by atoms with Crippen LogP contribution in [0, 0.1) is 21.7 Å². The number of nitro benzene ring substituents is 1. The third-order valence-electron chi connectivity index (χ3n) is 2.34. The molecule has 0 fully saturated rings. The van der Waals surface area contributed by atoms with Crippen LogP contribution in [0.4, 0.5) is 14.5 Å². The number of aliphatic carboxylic acids is 1. The fraction of sp³-hybridized carbons (Fsp3) is 0.300. The third-order valence-corrected chi connectivity index (χ3v) is 2.34. The lowest BCUT2D eigenvalue weighted by molar-refractivity contribution is -0.387. The van der Waals surface area contributed by atoms with Gasteiger partial charge >= 0.3 is 11.7 Å². The Morgan fingerprint density at radius 2 is 2.06 bits per heavy atom. The number of carboxylic acid groups (broad SMARTS) is 1. The highest BCUT2D eigenvalue weighted by Gasteiger charge is 2.26. The first kappa shape index (κ1) is 13.0. The zero-order valence-corrected chi connectivity index (χ0v) is 8.81. The molecule has 0 aliphatic carbocycles. The molecule has 0 bridgehead atoms. The van der Waals surface area contributed by atoms with Crippen molar-refractivity contribution >= 4 is 11.7 Å². The summed E-state index contributed by atoms with van der Waals surface area (Å²) in [5.74, 6) is -4.86. The summed E-state index contributed by atoms with van der Waals surface area (Å²) in [6.07, 6.45) is 0.0590. The SMILES string of the molecule is CCC(C(=O)O)c1cc(F)c([N+](=O)[O-])cc1F. The van der Waals surface area contributed by atoms with Crippen LogP contribution in [0.3, 0.4) is 0 Å². The summed E-state index contributed by atoms with van der Waals surface area (Å²) >= 11 is 0. The Morgan fingerprint density at radius 3 is 2.47 bits per heavy atom. The van der Waals surface area contributed by atoms with Gasteiger partial charge in [-0.15, -0.1) is 0 Å². The van der Waals surface area contributed by atoms with E-state index in [-0.39, 0.29) is 12.0 Å². The molecule has 5 nitrogen and oxygen atoms in total. The Hall–Kier alpha value is -2.05. The van der Waals surface area contributed by atoms with Gasteiger partial charge in [-0.3, -0.25) is 14.9 Å². The van der Waals surface area contributed by atoms with E-state index in [4.69, 9.17) is 5.11 Å². The lowest BCUT2D eigenvalue weighted by atomic mass is 9.95. The highest BCUT2D eigenvalue weighted by Crippen LogP contribution is 2.28. The molecule has 1 N–H and O–H groups in total. The molecule has 1 atom stereocenters. The smallest absolute Gasteiger partial charge is 0.311 e. The van der Waals surface area contributed by atoms with Gasteiger partial charge in [0, 0.05) is 5.56 Å². The van der Waals surface area contributed by atoms with Gasteiger partial charge in [0.2, 0.25) is 5.82 Å². The molecule has 0 saturated carbocycles. The van der Waals surface area contributed by atoms with Crippen LogP contribution >= 0.6 is 0 Å². The second kappa shape index (κ2) is 4.86. The molecule has 0 spiro atoms. The first-order chi connectivity index (χ1) is 7.88. The molecular weight excluding hydrogens is 236 g/mol. The Morgan fingerprint density at radius 1 is 1.47 bits per heavy atom. The number of hydrogen-bond donors (Lipinski definition) is 1. The van der Waals surface area contributed by atoms with Gasteiger partial charge in [-0.2, -0.15) is 4.39 Å². The van der Waals surface area contributed by atoms with Crippen molar-refractivity contribution in [3.05, 3.63) is 39.4 Å². The van der Waals surface area contributed by atoms with Crippen LogP contribution < -0.4 is 0 Å². The molecule has 1 rings (SSSR count). The van der Waals surface area contributed by atoms with Gasteiger partial charge in [-0.05, 0) is 12.5 Å². The van der Waals surface area contributed by atoms with Gasteiger partial charge in [0.25, 0.3) is 0 Å². The van der Waals surface area contributed by atoms with Gasteiger partial charge in [0.1, 0.15) is 5.82 Å². The Kier molecular flexibility index (Phi) is 3.72. The summed E-state index contributed by atoms with van der Waals surface area (Å²) < 4.78 is 26.7. The number of hydrogen-bond acceptors (Lipinski definition) is 3. The summed E-state index contributed by atoms with van der Waals surface area (Å²) in [5, 5.41) is 19.1. The Balaban J connectivity index is 3.33. The van der Waals surface area contributed by atoms with Crippen molar-refractivity contribution in [2.45, 2.75) is 19.3 Å². The predicted octanol–water partition coefficient (Wildman–Crippen LogP) is 2.45. The van der Waals surface area contributed by atoms with E-state index in [1.807, 2.05) is 0 Å². The van der Waals surface area contributed by atoms with Crippen molar-refractivity contribution < 1.29 is 23.6 Å². The van der Waals surface area contributed by atoms with Crippen LogP contribution in [-0.4, -0.2) is 16.0 Å². The molecule has 0 aliphatic rings. The minimum atomic E-state index is -1.31.